The Morgan fingerprint density at radius 3 is 2.96 bits per heavy atom. The van der Waals surface area contributed by atoms with Gasteiger partial charge in [0, 0.05) is 49.2 Å². The summed E-state index contributed by atoms with van der Waals surface area (Å²) in [7, 11) is 2.04. The van der Waals surface area contributed by atoms with Gasteiger partial charge in [0.2, 0.25) is 0 Å². The van der Waals surface area contributed by atoms with Crippen LogP contribution in [-0.2, 0) is 4.74 Å². The van der Waals surface area contributed by atoms with Gasteiger partial charge in [-0.2, -0.15) is 0 Å². The molecule has 25 heavy (non-hydrogen) atoms. The summed E-state index contributed by atoms with van der Waals surface area (Å²) in [6, 6.07) is 7.35. The van der Waals surface area contributed by atoms with E-state index in [0.717, 1.165) is 43.2 Å². The van der Waals surface area contributed by atoms with Crippen LogP contribution < -0.4 is 10.6 Å². The van der Waals surface area contributed by atoms with Crippen LogP contribution in [0.15, 0.2) is 33.7 Å². The van der Waals surface area contributed by atoms with E-state index in [1.807, 2.05) is 19.2 Å². The van der Waals surface area contributed by atoms with E-state index in [1.165, 1.54) is 0 Å². The van der Waals surface area contributed by atoms with Crippen molar-refractivity contribution in [2.45, 2.75) is 13.3 Å². The van der Waals surface area contributed by atoms with Gasteiger partial charge >= 0.3 is 0 Å². The second-order valence-corrected chi connectivity index (χ2v) is 7.03. The largest absolute Gasteiger partial charge is 0.381 e. The van der Waals surface area contributed by atoms with E-state index in [0.29, 0.717) is 24.6 Å². The molecule has 0 bridgehead atoms. The molecule has 1 atom stereocenters. The summed E-state index contributed by atoms with van der Waals surface area (Å²) in [4.78, 5) is 18.9. The number of nitrogens with one attached hydrogen (secondary N) is 2. The van der Waals surface area contributed by atoms with Gasteiger partial charge in [-0.25, -0.2) is 0 Å². The number of halogens is 1. The molecule has 1 aliphatic heterocycles. The normalized spacial score (nSPS) is 17.4. The summed E-state index contributed by atoms with van der Waals surface area (Å²) < 4.78 is 6.33. The van der Waals surface area contributed by atoms with Crippen LogP contribution in [0.3, 0.4) is 0 Å². The first kappa shape index (κ1) is 19.7. The highest BCUT2D eigenvalue weighted by molar-refractivity contribution is 9.10. The number of amides is 1. The van der Waals surface area contributed by atoms with Crippen molar-refractivity contribution in [3.8, 4) is 0 Å². The first-order valence-electron chi connectivity index (χ1n) is 8.71. The summed E-state index contributed by atoms with van der Waals surface area (Å²) in [5.74, 6) is 1.34. The number of rotatable bonds is 7. The second-order valence-electron chi connectivity index (χ2n) is 6.11. The molecule has 0 aromatic heterocycles. The highest BCUT2D eigenvalue weighted by Crippen LogP contribution is 2.13. The number of nitrogens with zero attached hydrogens (tertiary/aromatic N) is 2. The lowest BCUT2D eigenvalue weighted by molar-refractivity contribution is 0.0954. The zero-order valence-electron chi connectivity index (χ0n) is 14.9. The van der Waals surface area contributed by atoms with Crippen LogP contribution in [0.25, 0.3) is 0 Å². The van der Waals surface area contributed by atoms with E-state index in [4.69, 9.17) is 4.74 Å². The maximum Gasteiger partial charge on any atom is 0.251 e. The summed E-state index contributed by atoms with van der Waals surface area (Å²) in [6.45, 7) is 6.51. The van der Waals surface area contributed by atoms with Crippen molar-refractivity contribution in [1.82, 2.24) is 15.5 Å². The van der Waals surface area contributed by atoms with Crippen LogP contribution >= 0.6 is 15.9 Å². The van der Waals surface area contributed by atoms with Crippen molar-refractivity contribution in [2.75, 3.05) is 46.4 Å². The Morgan fingerprint density at radius 1 is 1.44 bits per heavy atom. The monoisotopic (exact) mass is 410 g/mol. The third-order valence-corrected chi connectivity index (χ3v) is 4.49. The predicted octanol–water partition coefficient (Wildman–Crippen LogP) is 2.11. The van der Waals surface area contributed by atoms with E-state index in [-0.39, 0.29) is 5.91 Å². The van der Waals surface area contributed by atoms with E-state index < -0.39 is 0 Å². The van der Waals surface area contributed by atoms with Crippen molar-refractivity contribution >= 4 is 27.8 Å². The van der Waals surface area contributed by atoms with Crippen molar-refractivity contribution in [2.24, 2.45) is 10.9 Å². The summed E-state index contributed by atoms with van der Waals surface area (Å²) in [5, 5.41) is 6.20. The minimum Gasteiger partial charge on any atom is -0.381 e. The maximum atomic E-state index is 12.1. The molecule has 1 fully saturated rings. The molecule has 1 heterocycles. The van der Waals surface area contributed by atoms with Crippen LogP contribution in [-0.4, -0.2) is 63.2 Å². The van der Waals surface area contributed by atoms with E-state index in [1.54, 1.807) is 12.1 Å². The van der Waals surface area contributed by atoms with Gasteiger partial charge in [0.25, 0.3) is 5.91 Å². The fourth-order valence-corrected chi connectivity index (χ4v) is 3.13. The first-order chi connectivity index (χ1) is 12.1. The molecule has 1 aliphatic rings. The first-order valence-corrected chi connectivity index (χ1v) is 9.50. The van der Waals surface area contributed by atoms with Gasteiger partial charge in [-0.3, -0.25) is 9.79 Å². The maximum absolute atomic E-state index is 12.1. The van der Waals surface area contributed by atoms with Crippen molar-refractivity contribution in [1.29, 1.82) is 0 Å². The van der Waals surface area contributed by atoms with Crippen molar-refractivity contribution < 1.29 is 9.53 Å². The van der Waals surface area contributed by atoms with Crippen LogP contribution in [0.2, 0.25) is 0 Å². The molecular formula is C18H27BrN4O2. The van der Waals surface area contributed by atoms with Gasteiger partial charge < -0.3 is 20.3 Å². The Hall–Kier alpha value is -1.60. The number of hydrogen-bond donors (Lipinski definition) is 2. The minimum atomic E-state index is -0.0852. The van der Waals surface area contributed by atoms with E-state index >= 15 is 0 Å². The number of benzene rings is 1. The standard InChI is InChI=1S/C18H27BrN4O2/c1-3-20-18(23(2)12-14-7-10-25-13-14)22-9-8-21-17(24)15-5-4-6-16(19)11-15/h4-6,11,14H,3,7-10,12-13H2,1-2H3,(H,20,22)(H,21,24). The lowest BCUT2D eigenvalue weighted by Crippen LogP contribution is -2.42. The van der Waals surface area contributed by atoms with E-state index in [2.05, 4.69) is 43.4 Å². The smallest absolute Gasteiger partial charge is 0.251 e. The highest BCUT2D eigenvalue weighted by Gasteiger charge is 2.19. The number of aliphatic imine (C=N–C) groups is 1. The zero-order chi connectivity index (χ0) is 18.1. The molecule has 1 amide bonds. The third-order valence-electron chi connectivity index (χ3n) is 4.00. The van der Waals surface area contributed by atoms with Gasteiger partial charge in [0.05, 0.1) is 13.2 Å². The summed E-state index contributed by atoms with van der Waals surface area (Å²) >= 11 is 3.38. The van der Waals surface area contributed by atoms with Gasteiger partial charge in [-0.05, 0) is 31.5 Å². The number of carbonyl (C=O) groups is 1. The van der Waals surface area contributed by atoms with Crippen LogP contribution in [0.1, 0.15) is 23.7 Å². The van der Waals surface area contributed by atoms with Crippen LogP contribution in [0.5, 0.6) is 0 Å². The lowest BCUT2D eigenvalue weighted by atomic mass is 10.1. The quantitative estimate of drug-likeness (QED) is 0.410. The molecule has 0 spiro atoms. The van der Waals surface area contributed by atoms with Crippen LogP contribution in [0.4, 0.5) is 0 Å². The Kier molecular flexibility index (Phi) is 8.21. The molecule has 2 N–H and O–H groups in total. The molecule has 1 aromatic rings. The highest BCUT2D eigenvalue weighted by atomic mass is 79.9. The zero-order valence-corrected chi connectivity index (χ0v) is 16.5. The molecule has 0 saturated carbocycles. The number of hydrogen-bond acceptors (Lipinski definition) is 3. The SMILES string of the molecule is CCNC(=NCCNC(=O)c1cccc(Br)c1)N(C)CC1CCOC1. The molecule has 1 unspecified atom stereocenters. The average molecular weight is 411 g/mol. The Bertz CT molecular complexity index is 588. The van der Waals surface area contributed by atoms with Crippen molar-refractivity contribution in [3.63, 3.8) is 0 Å². The summed E-state index contributed by atoms with van der Waals surface area (Å²) in [5.41, 5.74) is 0.642. The fourth-order valence-electron chi connectivity index (χ4n) is 2.73. The molecule has 0 radical (unpaired) electrons. The number of guanidine groups is 1. The van der Waals surface area contributed by atoms with Gasteiger partial charge in [0.1, 0.15) is 0 Å². The fraction of sp³-hybridized carbons (Fsp3) is 0.556. The second kappa shape index (κ2) is 10.4. The molecule has 7 heteroatoms. The molecule has 2 rings (SSSR count). The predicted molar refractivity (Wildman–Crippen MR) is 104 cm³/mol. The van der Waals surface area contributed by atoms with E-state index in [9.17, 15) is 4.79 Å². The topological polar surface area (TPSA) is 66.0 Å². The molecule has 6 nitrogen and oxygen atoms in total. The van der Waals surface area contributed by atoms with Gasteiger partial charge in [0.15, 0.2) is 5.96 Å². The van der Waals surface area contributed by atoms with Crippen LogP contribution in [0, 0.1) is 5.92 Å². The average Bonchev–Trinajstić information content (AvgIpc) is 3.10. The Labute approximate surface area is 158 Å². The number of ether oxygens (including phenoxy) is 1. The Balaban J connectivity index is 1.80. The minimum absolute atomic E-state index is 0.0852. The molecule has 1 saturated heterocycles. The summed E-state index contributed by atoms with van der Waals surface area (Å²) in [6.07, 6.45) is 1.10. The molecule has 138 valence electrons. The molecule has 1 aromatic carbocycles. The Morgan fingerprint density at radius 2 is 2.28 bits per heavy atom. The third kappa shape index (κ3) is 6.66. The van der Waals surface area contributed by atoms with Gasteiger partial charge in [-0.15, -0.1) is 0 Å². The van der Waals surface area contributed by atoms with Crippen molar-refractivity contribution in [3.05, 3.63) is 34.3 Å². The lowest BCUT2D eigenvalue weighted by Gasteiger charge is -2.24. The molecule has 0 aliphatic carbocycles. The number of carbonyl (C=O) groups excluding carboxylic acids is 1. The van der Waals surface area contributed by atoms with Gasteiger partial charge in [-0.1, -0.05) is 22.0 Å². The molecular weight excluding hydrogens is 384 g/mol.